The summed E-state index contributed by atoms with van der Waals surface area (Å²) in [5.41, 5.74) is 0.675. The van der Waals surface area contributed by atoms with E-state index in [4.69, 9.17) is 27.9 Å². The second-order valence-corrected chi connectivity index (χ2v) is 6.50. The van der Waals surface area contributed by atoms with Gasteiger partial charge >= 0.3 is 0 Å². The van der Waals surface area contributed by atoms with Gasteiger partial charge in [-0.25, -0.2) is 0 Å². The number of nitrogens with one attached hydrogen (secondary N) is 1. The predicted octanol–water partition coefficient (Wildman–Crippen LogP) is 3.18. The maximum absolute atomic E-state index is 10.3. The van der Waals surface area contributed by atoms with Crippen molar-refractivity contribution < 1.29 is 9.84 Å². The first-order chi connectivity index (χ1) is 9.65. The van der Waals surface area contributed by atoms with Crippen molar-refractivity contribution in [2.75, 3.05) is 13.2 Å². The Morgan fingerprint density at radius 3 is 2.85 bits per heavy atom. The fraction of sp³-hybridized carbons (Fsp3) is 0.600. The quantitative estimate of drug-likeness (QED) is 0.877. The molecular weight excluding hydrogens is 297 g/mol. The lowest BCUT2D eigenvalue weighted by Crippen LogP contribution is -2.39. The van der Waals surface area contributed by atoms with Gasteiger partial charge in [-0.15, -0.1) is 0 Å². The number of benzene rings is 1. The molecule has 2 fully saturated rings. The van der Waals surface area contributed by atoms with Gasteiger partial charge in [0.15, 0.2) is 0 Å². The minimum Gasteiger partial charge on any atom is -0.387 e. The summed E-state index contributed by atoms with van der Waals surface area (Å²) in [5.74, 6) is 0.710. The van der Waals surface area contributed by atoms with Crippen molar-refractivity contribution in [2.24, 2.45) is 5.92 Å². The molecule has 1 aromatic rings. The highest BCUT2D eigenvalue weighted by atomic mass is 35.5. The lowest BCUT2D eigenvalue weighted by Gasteiger charge is -2.22. The fourth-order valence-corrected chi connectivity index (χ4v) is 3.29. The number of halogens is 2. The molecule has 0 spiro atoms. The van der Waals surface area contributed by atoms with Gasteiger partial charge in [0.1, 0.15) is 0 Å². The summed E-state index contributed by atoms with van der Waals surface area (Å²) in [4.78, 5) is 0. The van der Waals surface area contributed by atoms with Crippen molar-refractivity contribution in [1.82, 2.24) is 5.32 Å². The Morgan fingerprint density at radius 1 is 1.30 bits per heavy atom. The van der Waals surface area contributed by atoms with Crippen LogP contribution in [0.25, 0.3) is 0 Å². The maximum Gasteiger partial charge on any atom is 0.0929 e. The summed E-state index contributed by atoms with van der Waals surface area (Å²) in [6.45, 7) is 1.28. The van der Waals surface area contributed by atoms with Crippen LogP contribution in [0.5, 0.6) is 0 Å². The van der Waals surface area contributed by atoms with E-state index in [0.29, 0.717) is 40.2 Å². The SMILES string of the molecule is OC(CNC1CCOC1C1CC1)c1cc(Cl)ccc1Cl. The van der Waals surface area contributed by atoms with E-state index >= 15 is 0 Å². The Hall–Kier alpha value is -0.320. The Kier molecular flexibility index (Phi) is 4.53. The third-order valence-corrected chi connectivity index (χ3v) is 4.69. The highest BCUT2D eigenvalue weighted by Gasteiger charge is 2.40. The lowest BCUT2D eigenvalue weighted by molar-refractivity contribution is 0.0770. The van der Waals surface area contributed by atoms with Gasteiger partial charge in [0.25, 0.3) is 0 Å². The van der Waals surface area contributed by atoms with E-state index in [2.05, 4.69) is 5.32 Å². The van der Waals surface area contributed by atoms with Crippen LogP contribution in [0, 0.1) is 5.92 Å². The number of rotatable bonds is 5. The van der Waals surface area contributed by atoms with E-state index in [0.717, 1.165) is 13.0 Å². The first-order valence-electron chi connectivity index (χ1n) is 7.13. The average molecular weight is 316 g/mol. The Morgan fingerprint density at radius 2 is 2.10 bits per heavy atom. The Balaban J connectivity index is 1.58. The molecule has 1 aliphatic carbocycles. The van der Waals surface area contributed by atoms with Gasteiger partial charge in [-0.05, 0) is 43.4 Å². The Bertz CT molecular complexity index is 479. The molecule has 2 N–H and O–H groups in total. The first-order valence-corrected chi connectivity index (χ1v) is 7.89. The highest BCUT2D eigenvalue weighted by molar-refractivity contribution is 6.33. The molecule has 0 radical (unpaired) electrons. The molecule has 5 heteroatoms. The fourth-order valence-electron chi connectivity index (χ4n) is 2.86. The molecule has 110 valence electrons. The van der Waals surface area contributed by atoms with Crippen LogP contribution in [0.2, 0.25) is 10.0 Å². The molecule has 1 saturated heterocycles. The zero-order chi connectivity index (χ0) is 14.1. The van der Waals surface area contributed by atoms with E-state index in [-0.39, 0.29) is 0 Å². The second-order valence-electron chi connectivity index (χ2n) is 5.66. The van der Waals surface area contributed by atoms with Crippen LogP contribution in [-0.2, 0) is 4.74 Å². The van der Waals surface area contributed by atoms with Crippen LogP contribution in [0.4, 0.5) is 0 Å². The molecule has 3 atom stereocenters. The summed E-state index contributed by atoms with van der Waals surface area (Å²) in [6, 6.07) is 5.50. The number of ether oxygens (including phenoxy) is 1. The van der Waals surface area contributed by atoms with Crippen molar-refractivity contribution in [3.63, 3.8) is 0 Å². The summed E-state index contributed by atoms with van der Waals surface area (Å²) in [5, 5.41) is 14.8. The molecule has 0 bridgehead atoms. The summed E-state index contributed by atoms with van der Waals surface area (Å²) in [6.07, 6.45) is 3.22. The van der Waals surface area contributed by atoms with Gasteiger partial charge in [0.05, 0.1) is 12.2 Å². The van der Waals surface area contributed by atoms with Crippen LogP contribution >= 0.6 is 23.2 Å². The number of hydrogen-bond acceptors (Lipinski definition) is 3. The van der Waals surface area contributed by atoms with Crippen LogP contribution in [0.1, 0.15) is 30.9 Å². The number of aliphatic hydroxyl groups is 1. The van der Waals surface area contributed by atoms with Gasteiger partial charge < -0.3 is 15.2 Å². The van der Waals surface area contributed by atoms with Crippen molar-refractivity contribution in [3.8, 4) is 0 Å². The zero-order valence-electron chi connectivity index (χ0n) is 11.2. The maximum atomic E-state index is 10.3. The summed E-state index contributed by atoms with van der Waals surface area (Å²) < 4.78 is 5.78. The summed E-state index contributed by atoms with van der Waals surface area (Å²) in [7, 11) is 0. The molecular formula is C15H19Cl2NO2. The van der Waals surface area contributed by atoms with Crippen molar-refractivity contribution >= 4 is 23.2 Å². The van der Waals surface area contributed by atoms with Crippen LogP contribution < -0.4 is 5.32 Å². The van der Waals surface area contributed by atoms with Crippen LogP contribution in [-0.4, -0.2) is 30.4 Å². The third kappa shape index (κ3) is 3.29. The minimum absolute atomic E-state index is 0.317. The smallest absolute Gasteiger partial charge is 0.0929 e. The number of aliphatic hydroxyl groups excluding tert-OH is 1. The first kappa shape index (κ1) is 14.6. The largest absolute Gasteiger partial charge is 0.387 e. The van der Waals surface area contributed by atoms with Crippen molar-refractivity contribution in [1.29, 1.82) is 0 Å². The van der Waals surface area contributed by atoms with Gasteiger partial charge in [0, 0.05) is 34.8 Å². The van der Waals surface area contributed by atoms with E-state index < -0.39 is 6.10 Å². The summed E-state index contributed by atoms with van der Waals surface area (Å²) >= 11 is 12.1. The zero-order valence-corrected chi connectivity index (χ0v) is 12.7. The second kappa shape index (κ2) is 6.20. The molecule has 1 saturated carbocycles. The molecule has 1 aromatic carbocycles. The van der Waals surface area contributed by atoms with E-state index in [1.165, 1.54) is 12.8 Å². The van der Waals surface area contributed by atoms with Crippen molar-refractivity contribution in [2.45, 2.75) is 37.5 Å². The standard InChI is InChI=1S/C15H19Cl2NO2/c16-10-3-4-12(17)11(7-10)14(19)8-18-13-5-6-20-15(13)9-1-2-9/h3-4,7,9,13-15,18-19H,1-2,5-6,8H2. The van der Waals surface area contributed by atoms with Crippen LogP contribution in [0.3, 0.4) is 0 Å². The lowest BCUT2D eigenvalue weighted by atomic mass is 10.0. The molecule has 3 nitrogen and oxygen atoms in total. The van der Waals surface area contributed by atoms with E-state index in [9.17, 15) is 5.11 Å². The molecule has 0 aromatic heterocycles. The van der Waals surface area contributed by atoms with Gasteiger partial charge in [-0.2, -0.15) is 0 Å². The van der Waals surface area contributed by atoms with Gasteiger partial charge in [-0.1, -0.05) is 23.2 Å². The molecule has 0 amide bonds. The van der Waals surface area contributed by atoms with Gasteiger partial charge in [0.2, 0.25) is 0 Å². The minimum atomic E-state index is -0.651. The molecule has 3 unspecified atom stereocenters. The molecule has 2 aliphatic rings. The highest BCUT2D eigenvalue weighted by Crippen LogP contribution is 2.38. The molecule has 1 aliphatic heterocycles. The predicted molar refractivity (Wildman–Crippen MR) is 80.3 cm³/mol. The van der Waals surface area contributed by atoms with Crippen LogP contribution in [0.15, 0.2) is 18.2 Å². The topological polar surface area (TPSA) is 41.5 Å². The monoisotopic (exact) mass is 315 g/mol. The van der Waals surface area contributed by atoms with Gasteiger partial charge in [-0.3, -0.25) is 0 Å². The third-order valence-electron chi connectivity index (χ3n) is 4.11. The van der Waals surface area contributed by atoms with E-state index in [1.54, 1.807) is 18.2 Å². The normalized spacial score (nSPS) is 27.8. The number of hydrogen-bond donors (Lipinski definition) is 2. The Labute approximate surface area is 129 Å². The van der Waals surface area contributed by atoms with E-state index in [1.807, 2.05) is 0 Å². The average Bonchev–Trinajstić information content (AvgIpc) is 3.18. The van der Waals surface area contributed by atoms with Crippen molar-refractivity contribution in [3.05, 3.63) is 33.8 Å². The molecule has 20 heavy (non-hydrogen) atoms. The molecule has 1 heterocycles. The molecule has 3 rings (SSSR count).